The first kappa shape index (κ1) is 28.1. The highest BCUT2D eigenvalue weighted by Gasteiger charge is 2.32. The van der Waals surface area contributed by atoms with Gasteiger partial charge in [0.2, 0.25) is 0 Å². The van der Waals surface area contributed by atoms with Crippen molar-refractivity contribution in [2.75, 3.05) is 31.2 Å². The molecule has 3 aromatic heterocycles. The number of likely N-dealkylation sites (N-methyl/N-ethyl adjacent to an activating group) is 1. The van der Waals surface area contributed by atoms with E-state index >= 15 is 4.39 Å². The largest absolute Gasteiger partial charge is 0.508 e. The van der Waals surface area contributed by atoms with Gasteiger partial charge in [-0.25, -0.2) is 13.8 Å². The molecule has 2 fully saturated rings. The second kappa shape index (κ2) is 11.0. The zero-order chi connectivity index (χ0) is 29.7. The van der Waals surface area contributed by atoms with E-state index < -0.39 is 23.2 Å². The number of hydrogen-bond acceptors (Lipinski definition) is 9. The molecule has 220 valence electrons. The Kier molecular flexibility index (Phi) is 7.36. The lowest BCUT2D eigenvalue weighted by Crippen LogP contribution is -2.31. The summed E-state index contributed by atoms with van der Waals surface area (Å²) in [6.45, 7) is 2.89. The van der Waals surface area contributed by atoms with Gasteiger partial charge in [-0.05, 0) is 75.9 Å². The van der Waals surface area contributed by atoms with Gasteiger partial charge in [0.25, 0.3) is 5.56 Å². The molecule has 13 heteroatoms. The lowest BCUT2D eigenvalue weighted by molar-refractivity contribution is 0.188. The summed E-state index contributed by atoms with van der Waals surface area (Å²) in [5.74, 6) is -1.43. The molecule has 5 N–H and O–H groups in total. The highest BCUT2D eigenvalue weighted by Crippen LogP contribution is 2.49. The molecular weight excluding hydrogens is 568 g/mol. The van der Waals surface area contributed by atoms with Crippen LogP contribution in [0, 0.1) is 11.6 Å². The van der Waals surface area contributed by atoms with E-state index in [0.29, 0.717) is 11.1 Å². The number of fused-ring (bicyclic) bond motifs is 1. The Morgan fingerprint density at radius 1 is 1.26 bits per heavy atom. The predicted molar refractivity (Wildman–Crippen MR) is 156 cm³/mol. The summed E-state index contributed by atoms with van der Waals surface area (Å²) in [4.78, 5) is 31.0. The number of rotatable bonds is 8. The van der Waals surface area contributed by atoms with Gasteiger partial charge in [0.1, 0.15) is 40.7 Å². The second-order valence-electron chi connectivity index (χ2n) is 11.0. The molecular formula is C29H30ClF2N7O3. The molecule has 1 aliphatic heterocycles. The molecule has 1 aliphatic carbocycles. The van der Waals surface area contributed by atoms with Gasteiger partial charge >= 0.3 is 6.01 Å². The molecule has 0 spiro atoms. The maximum atomic E-state index is 16.4. The topological polar surface area (TPSA) is 142 Å². The Bertz CT molecular complexity index is 1750. The van der Waals surface area contributed by atoms with Crippen LogP contribution >= 0.6 is 11.6 Å². The third-order valence-electron chi connectivity index (χ3n) is 7.96. The maximum Gasteiger partial charge on any atom is 0.319 e. The van der Waals surface area contributed by atoms with Gasteiger partial charge in [0.05, 0.1) is 17.9 Å². The molecule has 0 radical (unpaired) electrons. The van der Waals surface area contributed by atoms with Crippen LogP contribution in [0.4, 0.5) is 20.4 Å². The van der Waals surface area contributed by atoms with Crippen molar-refractivity contribution in [3.05, 3.63) is 62.5 Å². The van der Waals surface area contributed by atoms with Crippen LogP contribution < -0.4 is 21.3 Å². The number of halogens is 3. The lowest BCUT2D eigenvalue weighted by Gasteiger charge is -2.21. The van der Waals surface area contributed by atoms with E-state index in [-0.39, 0.29) is 69.1 Å². The highest BCUT2D eigenvalue weighted by atomic mass is 35.5. The number of nitrogens with zero attached hydrogens (tertiary/aromatic N) is 4. The van der Waals surface area contributed by atoms with Crippen molar-refractivity contribution >= 4 is 34.1 Å². The summed E-state index contributed by atoms with van der Waals surface area (Å²) in [6.07, 6.45) is 4.67. The van der Waals surface area contributed by atoms with E-state index in [2.05, 4.69) is 30.2 Å². The van der Waals surface area contributed by atoms with Crippen molar-refractivity contribution in [3.63, 3.8) is 0 Å². The van der Waals surface area contributed by atoms with Crippen LogP contribution in [0.3, 0.4) is 0 Å². The van der Waals surface area contributed by atoms with Crippen molar-refractivity contribution in [3.8, 4) is 23.0 Å². The van der Waals surface area contributed by atoms with Gasteiger partial charge in [-0.15, -0.1) is 0 Å². The summed E-state index contributed by atoms with van der Waals surface area (Å²) in [6, 6.07) is 3.34. The van der Waals surface area contributed by atoms with Crippen molar-refractivity contribution in [2.45, 2.75) is 50.6 Å². The van der Waals surface area contributed by atoms with Crippen molar-refractivity contribution in [1.82, 2.24) is 24.8 Å². The van der Waals surface area contributed by atoms with Gasteiger partial charge in [-0.1, -0.05) is 11.6 Å². The molecule has 1 saturated heterocycles. The third-order valence-corrected chi connectivity index (χ3v) is 8.28. The number of likely N-dealkylation sites (tertiary alicyclic amines) is 1. The second-order valence-corrected chi connectivity index (χ2v) is 11.4. The molecule has 1 aromatic carbocycles. The van der Waals surface area contributed by atoms with Crippen LogP contribution in [0.15, 0.2) is 29.2 Å². The SMILES string of the molecule is C[C@@H](Nc1nc(OC[C@@H]2CCCN2C)nc2c(F)c(-c3cc(O)cc(Cl)c3C3CC3)[nH]c(=O)c12)c1cc(F)cnc1N. The molecule has 1 saturated carbocycles. The number of phenols is 1. The minimum atomic E-state index is -0.832. The van der Waals surface area contributed by atoms with Gasteiger partial charge in [0, 0.05) is 22.2 Å². The van der Waals surface area contributed by atoms with Crippen LogP contribution in [-0.4, -0.2) is 56.2 Å². The minimum absolute atomic E-state index is 0.0194. The summed E-state index contributed by atoms with van der Waals surface area (Å²) in [5, 5.41) is 13.5. The lowest BCUT2D eigenvalue weighted by atomic mass is 9.98. The number of hydrogen-bond donors (Lipinski definition) is 4. The number of anilines is 2. The fourth-order valence-electron chi connectivity index (χ4n) is 5.57. The Balaban J connectivity index is 1.49. The first-order valence-corrected chi connectivity index (χ1v) is 14.1. The zero-order valence-corrected chi connectivity index (χ0v) is 23.8. The van der Waals surface area contributed by atoms with Crippen molar-refractivity contribution in [1.29, 1.82) is 0 Å². The molecule has 6 rings (SSSR count). The standard InChI is InChI=1S/C29H30ClF2N7O3/c1-13(18-8-15(31)11-34-26(18)33)35-27-22-25(37-29(38-27)42-12-16-4-3-7-39(16)2)23(32)24(36-28(22)41)19-9-17(40)10-20(30)21(19)14-5-6-14/h8-11,13-14,16,40H,3-7,12H2,1-2H3,(H2,33,34)(H,36,41)(H,35,37,38)/t13-,16+/m1/s1. The Labute approximate surface area is 244 Å². The molecule has 0 unspecified atom stereocenters. The van der Waals surface area contributed by atoms with Crippen LogP contribution in [0.25, 0.3) is 22.2 Å². The van der Waals surface area contributed by atoms with Crippen LogP contribution in [0.5, 0.6) is 11.8 Å². The van der Waals surface area contributed by atoms with E-state index in [0.717, 1.165) is 38.4 Å². The average Bonchev–Trinajstić information content (AvgIpc) is 3.69. The number of H-pyrrole nitrogens is 1. The Morgan fingerprint density at radius 3 is 2.76 bits per heavy atom. The first-order valence-electron chi connectivity index (χ1n) is 13.8. The number of nitrogens with one attached hydrogen (secondary N) is 2. The number of ether oxygens (including phenoxy) is 1. The minimum Gasteiger partial charge on any atom is -0.508 e. The number of aromatic amines is 1. The number of aromatic hydroxyl groups is 1. The number of benzene rings is 1. The smallest absolute Gasteiger partial charge is 0.319 e. The molecule has 0 bridgehead atoms. The van der Waals surface area contributed by atoms with E-state index in [1.807, 2.05) is 7.05 Å². The highest BCUT2D eigenvalue weighted by molar-refractivity contribution is 6.32. The summed E-state index contributed by atoms with van der Waals surface area (Å²) < 4.78 is 36.4. The molecule has 10 nitrogen and oxygen atoms in total. The predicted octanol–water partition coefficient (Wildman–Crippen LogP) is 5.12. The van der Waals surface area contributed by atoms with Gasteiger partial charge in [-0.3, -0.25) is 4.79 Å². The summed E-state index contributed by atoms with van der Waals surface area (Å²) >= 11 is 6.46. The van der Waals surface area contributed by atoms with Crippen LogP contribution in [0.2, 0.25) is 5.02 Å². The van der Waals surface area contributed by atoms with Crippen molar-refractivity contribution < 1.29 is 18.6 Å². The molecule has 0 amide bonds. The van der Waals surface area contributed by atoms with Crippen molar-refractivity contribution in [2.24, 2.45) is 0 Å². The zero-order valence-electron chi connectivity index (χ0n) is 23.0. The monoisotopic (exact) mass is 597 g/mol. The van der Waals surface area contributed by atoms with Crippen LogP contribution in [-0.2, 0) is 0 Å². The van der Waals surface area contributed by atoms with Gasteiger partial charge < -0.3 is 30.8 Å². The first-order chi connectivity index (χ1) is 20.1. The normalized spacial score (nSPS) is 18.0. The van der Waals surface area contributed by atoms with E-state index in [1.165, 1.54) is 18.2 Å². The Morgan fingerprint density at radius 2 is 2.05 bits per heavy atom. The molecule has 42 heavy (non-hydrogen) atoms. The van der Waals surface area contributed by atoms with E-state index in [9.17, 15) is 14.3 Å². The number of phenolic OH excluding ortho intramolecular Hbond substituents is 1. The van der Waals surface area contributed by atoms with Gasteiger partial charge in [-0.2, -0.15) is 9.97 Å². The molecule has 2 atom stereocenters. The quantitative estimate of drug-likeness (QED) is 0.217. The molecule has 2 aliphatic rings. The number of pyridine rings is 2. The molecule has 4 heterocycles. The number of nitrogens with two attached hydrogens (primary N) is 1. The van der Waals surface area contributed by atoms with E-state index in [4.69, 9.17) is 22.1 Å². The molecule has 4 aromatic rings. The van der Waals surface area contributed by atoms with Crippen LogP contribution in [0.1, 0.15) is 55.7 Å². The average molecular weight is 598 g/mol. The summed E-state index contributed by atoms with van der Waals surface area (Å²) in [5.41, 5.74) is 6.15. The van der Waals surface area contributed by atoms with E-state index in [1.54, 1.807) is 6.92 Å². The number of nitrogen functional groups attached to an aromatic ring is 1. The third kappa shape index (κ3) is 5.32. The number of aromatic nitrogens is 4. The Hall–Kier alpha value is -4.03. The summed E-state index contributed by atoms with van der Waals surface area (Å²) in [7, 11) is 2.00. The van der Waals surface area contributed by atoms with Gasteiger partial charge in [0.15, 0.2) is 5.82 Å². The maximum absolute atomic E-state index is 16.4. The fraction of sp³-hybridized carbons (Fsp3) is 0.379. The fourth-order valence-corrected chi connectivity index (χ4v) is 5.94.